The van der Waals surface area contributed by atoms with Crippen molar-refractivity contribution in [3.05, 3.63) is 30.7 Å². The van der Waals surface area contributed by atoms with Crippen molar-refractivity contribution in [2.45, 2.75) is 5.03 Å². The third kappa shape index (κ3) is 2.38. The molecule has 96 valence electrons. The Labute approximate surface area is 104 Å². The fourth-order valence-electron chi connectivity index (χ4n) is 1.37. The van der Waals surface area contributed by atoms with Crippen molar-refractivity contribution in [1.82, 2.24) is 9.55 Å². The Hall–Kier alpha value is -2.22. The molecule has 1 aromatic carbocycles. The summed E-state index contributed by atoms with van der Waals surface area (Å²) in [6.45, 7) is 0. The molecule has 7 nitrogen and oxygen atoms in total. The van der Waals surface area contributed by atoms with Crippen molar-refractivity contribution in [1.29, 1.82) is 0 Å². The van der Waals surface area contributed by atoms with Crippen molar-refractivity contribution >= 4 is 21.4 Å². The summed E-state index contributed by atoms with van der Waals surface area (Å²) in [7, 11) is -2.10. The van der Waals surface area contributed by atoms with Gasteiger partial charge in [0.05, 0.1) is 17.7 Å². The van der Waals surface area contributed by atoms with E-state index in [0.29, 0.717) is 0 Å². The van der Waals surface area contributed by atoms with Crippen LogP contribution in [0.3, 0.4) is 0 Å². The van der Waals surface area contributed by atoms with E-state index < -0.39 is 10.0 Å². The number of nitrogens with zero attached hydrogens (tertiary/aromatic N) is 2. The maximum atomic E-state index is 11.9. The number of phenolic OH excluding ortho intramolecular Hbond substituents is 1. The second-order valence-electron chi connectivity index (χ2n) is 3.75. The molecular weight excluding hydrogens is 256 g/mol. The highest BCUT2D eigenvalue weighted by Gasteiger charge is 2.18. The molecule has 0 spiro atoms. The van der Waals surface area contributed by atoms with E-state index in [2.05, 4.69) is 9.71 Å². The van der Waals surface area contributed by atoms with Gasteiger partial charge in [-0.1, -0.05) is 0 Å². The number of anilines is 2. The van der Waals surface area contributed by atoms with E-state index in [-0.39, 0.29) is 22.2 Å². The molecule has 2 rings (SSSR count). The summed E-state index contributed by atoms with van der Waals surface area (Å²) in [6, 6.07) is 3.98. The number of sulfonamides is 1. The number of benzene rings is 1. The van der Waals surface area contributed by atoms with Crippen LogP contribution in [0.2, 0.25) is 0 Å². The first kappa shape index (κ1) is 12.2. The highest BCUT2D eigenvalue weighted by Crippen LogP contribution is 2.25. The third-order valence-corrected chi connectivity index (χ3v) is 3.49. The molecule has 18 heavy (non-hydrogen) atoms. The number of phenols is 1. The zero-order chi connectivity index (χ0) is 13.3. The van der Waals surface area contributed by atoms with Gasteiger partial charge in [0.25, 0.3) is 10.0 Å². The van der Waals surface area contributed by atoms with Crippen molar-refractivity contribution in [2.24, 2.45) is 7.05 Å². The van der Waals surface area contributed by atoms with Gasteiger partial charge in [-0.05, 0) is 12.1 Å². The van der Waals surface area contributed by atoms with Crippen LogP contribution in [0, 0.1) is 0 Å². The molecule has 1 heterocycles. The smallest absolute Gasteiger partial charge is 0.281 e. The van der Waals surface area contributed by atoms with Gasteiger partial charge in [-0.3, -0.25) is 4.72 Å². The molecule has 0 aliphatic rings. The van der Waals surface area contributed by atoms with Crippen molar-refractivity contribution < 1.29 is 13.5 Å². The van der Waals surface area contributed by atoms with Gasteiger partial charge in [-0.25, -0.2) is 4.98 Å². The number of hydrogen-bond donors (Lipinski definition) is 3. The van der Waals surface area contributed by atoms with Gasteiger partial charge in [0.2, 0.25) is 0 Å². The first-order valence-electron chi connectivity index (χ1n) is 4.98. The molecule has 4 N–H and O–H groups in total. The number of hydrogen-bond acceptors (Lipinski definition) is 5. The molecule has 0 unspecified atom stereocenters. The summed E-state index contributed by atoms with van der Waals surface area (Å²) in [5.74, 6) is -0.0340. The number of imidazole rings is 1. The van der Waals surface area contributed by atoms with Crippen LogP contribution < -0.4 is 10.5 Å². The second kappa shape index (κ2) is 4.22. The molecular formula is C10H12N4O3S. The van der Waals surface area contributed by atoms with Crippen LogP contribution in [0.4, 0.5) is 11.4 Å². The summed E-state index contributed by atoms with van der Waals surface area (Å²) in [6.07, 6.45) is 2.76. The topological polar surface area (TPSA) is 110 Å². The highest BCUT2D eigenvalue weighted by atomic mass is 32.2. The molecule has 0 saturated heterocycles. The fraction of sp³-hybridized carbons (Fsp3) is 0.100. The summed E-state index contributed by atoms with van der Waals surface area (Å²) in [4.78, 5) is 3.75. The molecule has 8 heteroatoms. The Morgan fingerprint density at radius 1 is 1.44 bits per heavy atom. The lowest BCUT2D eigenvalue weighted by atomic mass is 10.2. The number of nitrogen functional groups attached to an aromatic ring is 1. The van der Waals surface area contributed by atoms with Gasteiger partial charge >= 0.3 is 0 Å². The number of nitrogens with one attached hydrogen (secondary N) is 1. The molecule has 1 aromatic heterocycles. The Bertz CT molecular complexity index is 678. The van der Waals surface area contributed by atoms with E-state index in [1.165, 1.54) is 35.3 Å². The van der Waals surface area contributed by atoms with Gasteiger partial charge in [0, 0.05) is 19.3 Å². The van der Waals surface area contributed by atoms with Crippen LogP contribution in [0.15, 0.2) is 35.7 Å². The molecule has 2 aromatic rings. The normalized spacial score (nSPS) is 11.4. The van der Waals surface area contributed by atoms with Crippen LogP contribution in [0.25, 0.3) is 0 Å². The zero-order valence-electron chi connectivity index (χ0n) is 9.53. The van der Waals surface area contributed by atoms with Gasteiger partial charge in [-0.15, -0.1) is 0 Å². The second-order valence-corrected chi connectivity index (χ2v) is 5.38. The van der Waals surface area contributed by atoms with Crippen molar-refractivity contribution in [3.8, 4) is 5.75 Å². The minimum absolute atomic E-state index is 0.0340. The van der Waals surface area contributed by atoms with Crippen molar-refractivity contribution in [3.63, 3.8) is 0 Å². The minimum Gasteiger partial charge on any atom is -0.508 e. The number of aromatic nitrogens is 2. The Kier molecular flexibility index (Phi) is 2.87. The monoisotopic (exact) mass is 268 g/mol. The molecule has 0 radical (unpaired) electrons. The average molecular weight is 268 g/mol. The molecule has 0 amide bonds. The van der Waals surface area contributed by atoms with Gasteiger partial charge < -0.3 is 15.4 Å². The van der Waals surface area contributed by atoms with E-state index in [0.717, 1.165) is 0 Å². The van der Waals surface area contributed by atoms with Gasteiger partial charge in [0.1, 0.15) is 5.75 Å². The van der Waals surface area contributed by atoms with Gasteiger partial charge in [-0.2, -0.15) is 8.42 Å². The predicted octanol–water partition coefficient (Wildman–Crippen LogP) is 0.509. The van der Waals surface area contributed by atoms with Gasteiger partial charge in [0.15, 0.2) is 5.03 Å². The lowest BCUT2D eigenvalue weighted by Crippen LogP contribution is -2.14. The Morgan fingerprint density at radius 2 is 2.17 bits per heavy atom. The van der Waals surface area contributed by atoms with Crippen LogP contribution >= 0.6 is 0 Å². The lowest BCUT2D eigenvalue weighted by Gasteiger charge is -2.08. The third-order valence-electron chi connectivity index (χ3n) is 2.24. The van der Waals surface area contributed by atoms with E-state index in [9.17, 15) is 13.5 Å². The van der Waals surface area contributed by atoms with E-state index in [1.54, 1.807) is 7.05 Å². The van der Waals surface area contributed by atoms with Crippen molar-refractivity contribution in [2.75, 3.05) is 10.5 Å². The quantitative estimate of drug-likeness (QED) is 0.555. The van der Waals surface area contributed by atoms with E-state index in [4.69, 9.17) is 5.73 Å². The summed E-state index contributed by atoms with van der Waals surface area (Å²) in [5, 5.41) is 9.08. The number of aromatic hydroxyl groups is 1. The molecule has 0 saturated carbocycles. The Balaban J connectivity index is 2.33. The maximum Gasteiger partial charge on any atom is 0.281 e. The van der Waals surface area contributed by atoms with Crippen LogP contribution in [0.1, 0.15) is 0 Å². The average Bonchev–Trinajstić information content (AvgIpc) is 2.70. The molecule has 0 aliphatic heterocycles. The predicted molar refractivity (Wildman–Crippen MR) is 66.5 cm³/mol. The molecule has 0 aliphatic carbocycles. The maximum absolute atomic E-state index is 11.9. The standard InChI is InChI=1S/C10H12N4O3S/c1-14-5-10(12-6-14)18(16,17)13-9-3-2-7(15)4-8(9)11/h2-6,13,15H,11H2,1H3. The summed E-state index contributed by atoms with van der Waals surface area (Å²) >= 11 is 0. The Morgan fingerprint density at radius 3 is 2.72 bits per heavy atom. The number of aryl methyl sites for hydroxylation is 1. The van der Waals surface area contributed by atoms with Crippen LogP contribution in [-0.2, 0) is 17.1 Å². The summed E-state index contributed by atoms with van der Waals surface area (Å²) in [5.41, 5.74) is 5.93. The zero-order valence-corrected chi connectivity index (χ0v) is 10.3. The first-order chi connectivity index (χ1) is 8.38. The van der Waals surface area contributed by atoms with Crippen LogP contribution in [0.5, 0.6) is 5.75 Å². The highest BCUT2D eigenvalue weighted by molar-refractivity contribution is 7.92. The fourth-order valence-corrected chi connectivity index (χ4v) is 2.44. The molecule has 0 bridgehead atoms. The molecule has 0 fully saturated rings. The first-order valence-corrected chi connectivity index (χ1v) is 6.46. The van der Waals surface area contributed by atoms with E-state index >= 15 is 0 Å². The van der Waals surface area contributed by atoms with Crippen LogP contribution in [-0.4, -0.2) is 23.1 Å². The number of nitrogens with two attached hydrogens (primary N) is 1. The molecule has 0 atom stereocenters. The van der Waals surface area contributed by atoms with E-state index in [1.807, 2.05) is 0 Å². The SMILES string of the molecule is Cn1cnc(S(=O)(=O)Nc2ccc(O)cc2N)c1. The largest absolute Gasteiger partial charge is 0.508 e. The summed E-state index contributed by atoms with van der Waals surface area (Å²) < 4.78 is 27.7. The lowest BCUT2D eigenvalue weighted by molar-refractivity contribution is 0.475. The number of rotatable bonds is 3. The minimum atomic E-state index is -3.77.